The van der Waals surface area contributed by atoms with Gasteiger partial charge in [0.2, 0.25) is 0 Å². The fourth-order valence-electron chi connectivity index (χ4n) is 2.47. The molecule has 3 aromatic rings. The van der Waals surface area contributed by atoms with E-state index in [0.717, 1.165) is 16.9 Å². The Morgan fingerprint density at radius 3 is 2.68 bits per heavy atom. The molecule has 25 heavy (non-hydrogen) atoms. The largest absolute Gasteiger partial charge is 0.468 e. The van der Waals surface area contributed by atoms with Gasteiger partial charge in [-0.15, -0.1) is 0 Å². The van der Waals surface area contributed by atoms with Crippen molar-refractivity contribution in [3.8, 4) is 0 Å². The highest BCUT2D eigenvalue weighted by Gasteiger charge is 2.15. The van der Waals surface area contributed by atoms with Crippen molar-refractivity contribution in [2.45, 2.75) is 13.5 Å². The van der Waals surface area contributed by atoms with Gasteiger partial charge >= 0.3 is 5.97 Å². The topological polar surface area (TPSA) is 60.7 Å². The number of carbonyl (C=O) groups is 2. The minimum atomic E-state index is -0.548. The zero-order valence-electron chi connectivity index (χ0n) is 13.7. The van der Waals surface area contributed by atoms with Crippen molar-refractivity contribution in [1.82, 2.24) is 4.57 Å². The number of ether oxygens (including phenoxy) is 1. The van der Waals surface area contributed by atoms with E-state index < -0.39 is 17.7 Å². The van der Waals surface area contributed by atoms with Crippen LogP contribution in [0.25, 0.3) is 10.2 Å². The molecule has 3 rings (SSSR count). The summed E-state index contributed by atoms with van der Waals surface area (Å²) in [6, 6.07) is 11.7. The molecule has 0 saturated carbocycles. The molecule has 0 saturated heterocycles. The number of esters is 1. The van der Waals surface area contributed by atoms with Gasteiger partial charge in [-0.25, -0.2) is 4.39 Å². The molecule has 0 bridgehead atoms. The summed E-state index contributed by atoms with van der Waals surface area (Å²) in [5, 5.41) is 0. The number of hydrogen-bond acceptors (Lipinski definition) is 4. The van der Waals surface area contributed by atoms with Gasteiger partial charge < -0.3 is 9.30 Å². The molecule has 0 aliphatic carbocycles. The molecular weight excluding hydrogens is 343 g/mol. The Labute approximate surface area is 147 Å². The highest BCUT2D eigenvalue weighted by Crippen LogP contribution is 2.20. The molecule has 0 unspecified atom stereocenters. The van der Waals surface area contributed by atoms with Crippen LogP contribution in [0, 0.1) is 12.7 Å². The van der Waals surface area contributed by atoms with Gasteiger partial charge in [0.15, 0.2) is 4.80 Å². The van der Waals surface area contributed by atoms with Crippen molar-refractivity contribution >= 4 is 33.4 Å². The number of aryl methyl sites for hydroxylation is 1. The lowest BCUT2D eigenvalue weighted by atomic mass is 10.1. The Kier molecular flexibility index (Phi) is 4.76. The molecule has 0 fully saturated rings. The van der Waals surface area contributed by atoms with E-state index in [1.54, 1.807) is 24.3 Å². The molecule has 2 aromatic carbocycles. The standard InChI is InChI=1S/C18H15FN2O3S/c1-11-6-3-4-7-12(11)17(23)20-18-21(10-15(22)24-2)16-13(19)8-5-9-14(16)25-18/h3-9H,10H2,1-2H3. The van der Waals surface area contributed by atoms with Crippen LogP contribution in [-0.2, 0) is 16.1 Å². The predicted octanol–water partition coefficient (Wildman–Crippen LogP) is 3.06. The van der Waals surface area contributed by atoms with E-state index in [2.05, 4.69) is 9.73 Å². The fraction of sp³-hybridized carbons (Fsp3) is 0.167. The van der Waals surface area contributed by atoms with Crippen LogP contribution in [0.3, 0.4) is 0 Å². The van der Waals surface area contributed by atoms with E-state index in [9.17, 15) is 14.0 Å². The Balaban J connectivity index is 2.19. The SMILES string of the molecule is COC(=O)Cn1c(=NC(=O)c2ccccc2C)sc2cccc(F)c21. The van der Waals surface area contributed by atoms with Gasteiger partial charge in [-0.05, 0) is 30.7 Å². The molecule has 0 radical (unpaired) electrons. The summed E-state index contributed by atoms with van der Waals surface area (Å²) in [6.07, 6.45) is 0. The quantitative estimate of drug-likeness (QED) is 0.676. The van der Waals surface area contributed by atoms with Crippen LogP contribution in [0.1, 0.15) is 15.9 Å². The number of methoxy groups -OCH3 is 1. The average molecular weight is 358 g/mol. The third-order valence-electron chi connectivity index (χ3n) is 3.74. The molecule has 1 heterocycles. The summed E-state index contributed by atoms with van der Waals surface area (Å²) >= 11 is 1.15. The second-order valence-electron chi connectivity index (χ2n) is 5.37. The predicted molar refractivity (Wildman–Crippen MR) is 92.9 cm³/mol. The van der Waals surface area contributed by atoms with Crippen LogP contribution in [0.5, 0.6) is 0 Å². The number of aromatic nitrogens is 1. The van der Waals surface area contributed by atoms with Crippen LogP contribution in [-0.4, -0.2) is 23.6 Å². The number of thiazole rings is 1. The Morgan fingerprint density at radius 2 is 1.96 bits per heavy atom. The summed E-state index contributed by atoms with van der Waals surface area (Å²) in [5.74, 6) is -1.47. The average Bonchev–Trinajstić information content (AvgIpc) is 2.93. The molecule has 0 atom stereocenters. The van der Waals surface area contributed by atoms with Crippen molar-refractivity contribution < 1.29 is 18.7 Å². The molecular formula is C18H15FN2O3S. The number of para-hydroxylation sites is 1. The number of benzene rings is 2. The zero-order chi connectivity index (χ0) is 18.0. The lowest BCUT2D eigenvalue weighted by Gasteiger charge is -2.04. The van der Waals surface area contributed by atoms with E-state index in [1.807, 2.05) is 19.1 Å². The van der Waals surface area contributed by atoms with Gasteiger partial charge in [-0.3, -0.25) is 9.59 Å². The molecule has 0 N–H and O–H groups in total. The van der Waals surface area contributed by atoms with Crippen molar-refractivity contribution in [2.75, 3.05) is 7.11 Å². The second kappa shape index (κ2) is 6.98. The fourth-order valence-corrected chi connectivity index (χ4v) is 3.51. The van der Waals surface area contributed by atoms with Crippen LogP contribution >= 0.6 is 11.3 Å². The van der Waals surface area contributed by atoms with Crippen LogP contribution in [0.2, 0.25) is 0 Å². The summed E-state index contributed by atoms with van der Waals surface area (Å²) < 4.78 is 20.9. The number of amides is 1. The number of fused-ring (bicyclic) bond motifs is 1. The van der Waals surface area contributed by atoms with Gasteiger partial charge in [-0.2, -0.15) is 4.99 Å². The van der Waals surface area contributed by atoms with Gasteiger partial charge in [-0.1, -0.05) is 35.6 Å². The summed E-state index contributed by atoms with van der Waals surface area (Å²) in [4.78, 5) is 28.6. The minimum Gasteiger partial charge on any atom is -0.468 e. The van der Waals surface area contributed by atoms with Crippen molar-refractivity contribution in [2.24, 2.45) is 4.99 Å². The number of halogens is 1. The first-order chi connectivity index (χ1) is 12.0. The lowest BCUT2D eigenvalue weighted by molar-refractivity contribution is -0.141. The number of rotatable bonds is 3. The molecule has 1 amide bonds. The summed E-state index contributed by atoms with van der Waals surface area (Å²) in [7, 11) is 1.25. The number of nitrogens with zero attached hydrogens (tertiary/aromatic N) is 2. The summed E-state index contributed by atoms with van der Waals surface area (Å²) in [6.45, 7) is 1.59. The number of carbonyl (C=O) groups excluding carboxylic acids is 2. The van der Waals surface area contributed by atoms with Crippen LogP contribution in [0.15, 0.2) is 47.5 Å². The molecule has 1 aromatic heterocycles. The van der Waals surface area contributed by atoms with E-state index in [1.165, 1.54) is 17.7 Å². The molecule has 0 spiro atoms. The van der Waals surface area contributed by atoms with E-state index >= 15 is 0 Å². The van der Waals surface area contributed by atoms with Crippen LogP contribution in [0.4, 0.5) is 4.39 Å². The van der Waals surface area contributed by atoms with Crippen molar-refractivity contribution in [3.63, 3.8) is 0 Å². The van der Waals surface area contributed by atoms with E-state index in [0.29, 0.717) is 10.3 Å². The van der Waals surface area contributed by atoms with Gasteiger partial charge in [0.05, 0.1) is 17.3 Å². The maximum Gasteiger partial charge on any atom is 0.325 e. The Bertz CT molecular complexity index is 1040. The molecule has 0 aliphatic rings. The van der Waals surface area contributed by atoms with Crippen LogP contribution < -0.4 is 4.80 Å². The normalized spacial score (nSPS) is 11.7. The monoisotopic (exact) mass is 358 g/mol. The maximum absolute atomic E-state index is 14.2. The Hall–Kier alpha value is -2.80. The second-order valence-corrected chi connectivity index (χ2v) is 6.37. The highest BCUT2D eigenvalue weighted by molar-refractivity contribution is 7.16. The first-order valence-electron chi connectivity index (χ1n) is 7.50. The van der Waals surface area contributed by atoms with Crippen molar-refractivity contribution in [3.05, 3.63) is 64.2 Å². The first-order valence-corrected chi connectivity index (χ1v) is 8.32. The molecule has 0 aliphatic heterocycles. The third kappa shape index (κ3) is 3.36. The van der Waals surface area contributed by atoms with Crippen molar-refractivity contribution in [1.29, 1.82) is 0 Å². The summed E-state index contributed by atoms with van der Waals surface area (Å²) in [5.41, 5.74) is 1.49. The maximum atomic E-state index is 14.2. The molecule has 128 valence electrons. The van der Waals surface area contributed by atoms with Gasteiger partial charge in [0.25, 0.3) is 5.91 Å². The third-order valence-corrected chi connectivity index (χ3v) is 4.78. The lowest BCUT2D eigenvalue weighted by Crippen LogP contribution is -2.23. The van der Waals surface area contributed by atoms with E-state index in [-0.39, 0.29) is 16.9 Å². The van der Waals surface area contributed by atoms with Gasteiger partial charge in [0.1, 0.15) is 12.4 Å². The Morgan fingerprint density at radius 1 is 1.20 bits per heavy atom. The minimum absolute atomic E-state index is 0.225. The molecule has 7 heteroatoms. The smallest absolute Gasteiger partial charge is 0.325 e. The zero-order valence-corrected chi connectivity index (χ0v) is 14.5. The van der Waals surface area contributed by atoms with Gasteiger partial charge in [0, 0.05) is 5.56 Å². The molecule has 5 nitrogen and oxygen atoms in total. The van der Waals surface area contributed by atoms with E-state index in [4.69, 9.17) is 0 Å². The first kappa shape index (κ1) is 17.0. The highest BCUT2D eigenvalue weighted by atomic mass is 32.1. The number of hydrogen-bond donors (Lipinski definition) is 0.